The topological polar surface area (TPSA) is 61.2 Å². The van der Waals surface area contributed by atoms with Crippen LogP contribution in [0.4, 0.5) is 4.39 Å². The van der Waals surface area contributed by atoms with Crippen LogP contribution in [0.5, 0.6) is 0 Å². The number of halogens is 1. The standard InChI is InChI=1S/C18H17FN2O2/c1-11-14-6-7-21(10-12-4-2-3-5-16(12)19)18(23)15(14)8-13(9-20)17(11)22/h2-5,8,11,14-15H,6-7,10H2,1H3. The summed E-state index contributed by atoms with van der Waals surface area (Å²) < 4.78 is 13.8. The summed E-state index contributed by atoms with van der Waals surface area (Å²) >= 11 is 0. The van der Waals surface area contributed by atoms with Gasteiger partial charge in [0.1, 0.15) is 11.9 Å². The van der Waals surface area contributed by atoms with Crippen molar-refractivity contribution >= 4 is 11.7 Å². The Kier molecular flexibility index (Phi) is 3.99. The van der Waals surface area contributed by atoms with Crippen LogP contribution in [0.15, 0.2) is 35.9 Å². The smallest absolute Gasteiger partial charge is 0.230 e. The molecule has 1 fully saturated rings. The Balaban J connectivity index is 1.85. The molecule has 118 valence electrons. The van der Waals surface area contributed by atoms with Crippen LogP contribution in [0.3, 0.4) is 0 Å². The Morgan fingerprint density at radius 2 is 2.09 bits per heavy atom. The van der Waals surface area contributed by atoms with Gasteiger partial charge in [-0.05, 0) is 18.4 Å². The van der Waals surface area contributed by atoms with Crippen molar-refractivity contribution in [2.45, 2.75) is 19.9 Å². The van der Waals surface area contributed by atoms with E-state index >= 15 is 0 Å². The van der Waals surface area contributed by atoms with E-state index in [1.807, 2.05) is 6.07 Å². The first-order valence-corrected chi connectivity index (χ1v) is 7.71. The number of carbonyl (C=O) groups is 2. The summed E-state index contributed by atoms with van der Waals surface area (Å²) in [7, 11) is 0. The lowest BCUT2D eigenvalue weighted by atomic mass is 9.69. The second-order valence-electron chi connectivity index (χ2n) is 6.17. The lowest BCUT2D eigenvalue weighted by molar-refractivity contribution is -0.142. The molecule has 1 aliphatic carbocycles. The van der Waals surface area contributed by atoms with E-state index in [-0.39, 0.29) is 41.5 Å². The highest BCUT2D eigenvalue weighted by Gasteiger charge is 2.44. The number of hydrogen-bond acceptors (Lipinski definition) is 3. The normalized spacial score (nSPS) is 27.3. The molecule has 1 aromatic carbocycles. The molecule has 1 heterocycles. The molecular formula is C18H17FN2O2. The number of allylic oxidation sites excluding steroid dienone is 1. The monoisotopic (exact) mass is 312 g/mol. The third kappa shape index (κ3) is 2.65. The van der Waals surface area contributed by atoms with E-state index in [0.717, 1.165) is 0 Å². The summed E-state index contributed by atoms with van der Waals surface area (Å²) in [6.45, 7) is 2.50. The van der Waals surface area contributed by atoms with Gasteiger partial charge in [-0.3, -0.25) is 9.59 Å². The second-order valence-corrected chi connectivity index (χ2v) is 6.17. The Hall–Kier alpha value is -2.48. The number of likely N-dealkylation sites (tertiary alicyclic amines) is 1. The molecular weight excluding hydrogens is 295 g/mol. The summed E-state index contributed by atoms with van der Waals surface area (Å²) in [5, 5.41) is 9.08. The van der Waals surface area contributed by atoms with Gasteiger partial charge >= 0.3 is 0 Å². The van der Waals surface area contributed by atoms with E-state index < -0.39 is 5.92 Å². The highest BCUT2D eigenvalue weighted by Crippen LogP contribution is 2.38. The van der Waals surface area contributed by atoms with Gasteiger partial charge in [0.15, 0.2) is 5.78 Å². The van der Waals surface area contributed by atoms with Gasteiger partial charge in [0.05, 0.1) is 11.5 Å². The minimum atomic E-state index is -0.460. The second kappa shape index (κ2) is 5.96. The van der Waals surface area contributed by atoms with E-state index in [1.165, 1.54) is 12.1 Å². The van der Waals surface area contributed by atoms with Gasteiger partial charge in [0.25, 0.3) is 0 Å². The zero-order chi connectivity index (χ0) is 16.6. The molecule has 0 spiro atoms. The molecule has 0 saturated carbocycles. The maximum absolute atomic E-state index is 13.8. The minimum absolute atomic E-state index is 0.0658. The number of benzene rings is 1. The van der Waals surface area contributed by atoms with Crippen LogP contribution in [0, 0.1) is 34.9 Å². The Morgan fingerprint density at radius 1 is 1.35 bits per heavy atom. The zero-order valence-corrected chi connectivity index (χ0v) is 12.8. The Bertz CT molecular complexity index is 735. The zero-order valence-electron chi connectivity index (χ0n) is 12.8. The van der Waals surface area contributed by atoms with Crippen molar-refractivity contribution in [2.75, 3.05) is 6.54 Å². The van der Waals surface area contributed by atoms with Gasteiger partial charge in [0, 0.05) is 24.6 Å². The third-order valence-corrected chi connectivity index (χ3v) is 4.90. The average molecular weight is 312 g/mol. The van der Waals surface area contributed by atoms with Crippen LogP contribution < -0.4 is 0 Å². The van der Waals surface area contributed by atoms with Gasteiger partial charge in [-0.15, -0.1) is 0 Å². The van der Waals surface area contributed by atoms with Crippen molar-refractivity contribution in [2.24, 2.45) is 17.8 Å². The molecule has 3 atom stereocenters. The van der Waals surface area contributed by atoms with Crippen LogP contribution in [0.25, 0.3) is 0 Å². The number of Topliss-reactive ketones (excluding diaryl/α,β-unsaturated/α-hetero) is 1. The molecule has 0 radical (unpaired) electrons. The maximum Gasteiger partial charge on any atom is 0.230 e. The molecule has 1 aliphatic heterocycles. The fraction of sp³-hybridized carbons (Fsp3) is 0.389. The predicted octanol–water partition coefficient (Wildman–Crippen LogP) is 2.46. The Labute approximate surface area is 134 Å². The van der Waals surface area contributed by atoms with Crippen molar-refractivity contribution in [3.63, 3.8) is 0 Å². The first-order chi connectivity index (χ1) is 11.0. The van der Waals surface area contributed by atoms with Crippen molar-refractivity contribution in [3.05, 3.63) is 47.3 Å². The van der Waals surface area contributed by atoms with E-state index in [4.69, 9.17) is 5.26 Å². The molecule has 1 amide bonds. The highest BCUT2D eigenvalue weighted by molar-refractivity contribution is 6.03. The van der Waals surface area contributed by atoms with Crippen LogP contribution in [-0.2, 0) is 16.1 Å². The molecule has 23 heavy (non-hydrogen) atoms. The van der Waals surface area contributed by atoms with E-state index in [0.29, 0.717) is 18.5 Å². The summed E-state index contributed by atoms with van der Waals surface area (Å²) in [6.07, 6.45) is 2.19. The summed E-state index contributed by atoms with van der Waals surface area (Å²) in [6, 6.07) is 8.29. The van der Waals surface area contributed by atoms with Crippen molar-refractivity contribution in [3.8, 4) is 6.07 Å². The van der Waals surface area contributed by atoms with Gasteiger partial charge < -0.3 is 4.90 Å². The van der Waals surface area contributed by atoms with Crippen LogP contribution in [0.2, 0.25) is 0 Å². The van der Waals surface area contributed by atoms with Crippen LogP contribution in [0.1, 0.15) is 18.9 Å². The molecule has 3 rings (SSSR count). The van der Waals surface area contributed by atoms with Crippen LogP contribution in [-0.4, -0.2) is 23.1 Å². The van der Waals surface area contributed by atoms with Gasteiger partial charge in [-0.25, -0.2) is 4.39 Å². The molecule has 0 aromatic heterocycles. The SMILES string of the molecule is CC1C(=O)C(C#N)=CC2C(=O)N(Cc3ccccc3F)CCC12. The Morgan fingerprint density at radius 3 is 2.78 bits per heavy atom. The van der Waals surface area contributed by atoms with Crippen LogP contribution >= 0.6 is 0 Å². The van der Waals surface area contributed by atoms with Crippen molar-refractivity contribution in [1.82, 2.24) is 4.90 Å². The number of piperidine rings is 1. The number of hydrogen-bond donors (Lipinski definition) is 0. The number of rotatable bonds is 2. The molecule has 1 saturated heterocycles. The first-order valence-electron chi connectivity index (χ1n) is 7.71. The molecule has 2 aliphatic rings. The van der Waals surface area contributed by atoms with Crippen molar-refractivity contribution < 1.29 is 14.0 Å². The number of nitriles is 1. The lowest BCUT2D eigenvalue weighted by Gasteiger charge is -2.41. The third-order valence-electron chi connectivity index (χ3n) is 4.90. The molecule has 4 nitrogen and oxygen atoms in total. The minimum Gasteiger partial charge on any atom is -0.338 e. The van der Waals surface area contributed by atoms with E-state index in [1.54, 1.807) is 30.0 Å². The van der Waals surface area contributed by atoms with Gasteiger partial charge in [0.2, 0.25) is 5.91 Å². The molecule has 3 unspecified atom stereocenters. The summed E-state index contributed by atoms with van der Waals surface area (Å²) in [4.78, 5) is 26.4. The number of nitrogens with zero attached hydrogens (tertiary/aromatic N) is 2. The fourth-order valence-corrected chi connectivity index (χ4v) is 3.53. The van der Waals surface area contributed by atoms with Crippen molar-refractivity contribution in [1.29, 1.82) is 5.26 Å². The summed E-state index contributed by atoms with van der Waals surface area (Å²) in [5.74, 6) is -1.48. The number of ketones is 1. The number of carbonyl (C=O) groups excluding carboxylic acids is 2. The summed E-state index contributed by atoms with van der Waals surface area (Å²) in [5.41, 5.74) is 0.545. The molecule has 5 heteroatoms. The quantitative estimate of drug-likeness (QED) is 0.843. The molecule has 1 aromatic rings. The predicted molar refractivity (Wildman–Crippen MR) is 81.3 cm³/mol. The van der Waals surface area contributed by atoms with E-state index in [9.17, 15) is 14.0 Å². The maximum atomic E-state index is 13.8. The molecule has 0 N–H and O–H groups in total. The first kappa shape index (κ1) is 15.4. The largest absolute Gasteiger partial charge is 0.338 e. The number of amides is 1. The highest BCUT2D eigenvalue weighted by atomic mass is 19.1. The van der Waals surface area contributed by atoms with Gasteiger partial charge in [-0.1, -0.05) is 31.2 Å². The van der Waals surface area contributed by atoms with E-state index in [2.05, 4.69) is 0 Å². The molecule has 0 bridgehead atoms. The average Bonchev–Trinajstić information content (AvgIpc) is 2.55. The number of fused-ring (bicyclic) bond motifs is 1. The lowest BCUT2D eigenvalue weighted by Crippen LogP contribution is -2.49. The van der Waals surface area contributed by atoms with Gasteiger partial charge in [-0.2, -0.15) is 5.26 Å². The fourth-order valence-electron chi connectivity index (χ4n) is 3.53.